The first-order valence-electron chi connectivity index (χ1n) is 6.91. The molecule has 0 aliphatic carbocycles. The fourth-order valence-electron chi connectivity index (χ4n) is 2.53. The van der Waals surface area contributed by atoms with E-state index in [9.17, 15) is 4.79 Å². The van der Waals surface area contributed by atoms with Gasteiger partial charge in [-0.3, -0.25) is 0 Å². The van der Waals surface area contributed by atoms with E-state index < -0.39 is 0 Å². The highest BCUT2D eigenvalue weighted by Gasteiger charge is 2.25. The number of anilines is 2. The molecule has 1 unspecified atom stereocenters. The van der Waals surface area contributed by atoms with Gasteiger partial charge in [0, 0.05) is 20.2 Å². The van der Waals surface area contributed by atoms with Crippen LogP contribution in [0.3, 0.4) is 0 Å². The maximum Gasteiger partial charge on any atom is 0.350 e. The van der Waals surface area contributed by atoms with Crippen molar-refractivity contribution in [3.63, 3.8) is 0 Å². The van der Waals surface area contributed by atoms with Gasteiger partial charge < -0.3 is 20.1 Å². The molecule has 118 valence electrons. The fraction of sp³-hybridized carbons (Fsp3) is 0.643. The molecular formula is C14H22N2O3S2. The first-order chi connectivity index (χ1) is 10.1. The number of carbonyl (C=O) groups is 1. The third kappa shape index (κ3) is 3.64. The third-order valence-electron chi connectivity index (χ3n) is 3.59. The lowest BCUT2D eigenvalue weighted by molar-refractivity contribution is 0.0576. The number of carbonyl (C=O) groups excluding carboxylic acids is 1. The minimum absolute atomic E-state index is 0.367. The summed E-state index contributed by atoms with van der Waals surface area (Å²) in [6, 6.07) is 0. The van der Waals surface area contributed by atoms with Crippen LogP contribution in [0.5, 0.6) is 0 Å². The molecule has 1 fully saturated rings. The SMILES string of the molecule is COC(=O)c1sc(N(C)CC2CCCOC2)c(SC)c1N. The Morgan fingerprint density at radius 2 is 2.38 bits per heavy atom. The highest BCUT2D eigenvalue weighted by Crippen LogP contribution is 2.44. The summed E-state index contributed by atoms with van der Waals surface area (Å²) in [5, 5.41) is 1.03. The maximum absolute atomic E-state index is 11.8. The molecule has 5 nitrogen and oxygen atoms in total. The highest BCUT2D eigenvalue weighted by atomic mass is 32.2. The topological polar surface area (TPSA) is 64.8 Å². The zero-order chi connectivity index (χ0) is 15.4. The summed E-state index contributed by atoms with van der Waals surface area (Å²) in [6.45, 7) is 2.59. The molecule has 1 aliphatic rings. The van der Waals surface area contributed by atoms with E-state index in [2.05, 4.69) is 4.90 Å². The first kappa shape index (κ1) is 16.5. The van der Waals surface area contributed by atoms with E-state index in [0.717, 1.165) is 36.1 Å². The Balaban J connectivity index is 2.19. The van der Waals surface area contributed by atoms with E-state index >= 15 is 0 Å². The van der Waals surface area contributed by atoms with Gasteiger partial charge in [0.1, 0.15) is 9.88 Å². The van der Waals surface area contributed by atoms with Crippen LogP contribution >= 0.6 is 23.1 Å². The van der Waals surface area contributed by atoms with E-state index in [1.165, 1.54) is 24.9 Å². The summed E-state index contributed by atoms with van der Waals surface area (Å²) in [7, 11) is 3.42. The Kier molecular flexibility index (Phi) is 5.78. The molecule has 1 aromatic heterocycles. The number of methoxy groups -OCH3 is 1. The van der Waals surface area contributed by atoms with Crippen molar-refractivity contribution in [3.8, 4) is 0 Å². The molecule has 0 spiro atoms. The molecule has 1 aliphatic heterocycles. The summed E-state index contributed by atoms with van der Waals surface area (Å²) in [5.74, 6) is 0.164. The Labute approximate surface area is 133 Å². The van der Waals surface area contributed by atoms with Crippen LogP contribution < -0.4 is 10.6 Å². The summed E-state index contributed by atoms with van der Waals surface area (Å²) >= 11 is 2.97. The lowest BCUT2D eigenvalue weighted by atomic mass is 10.0. The predicted molar refractivity (Wildman–Crippen MR) is 88.7 cm³/mol. The van der Waals surface area contributed by atoms with Crippen molar-refractivity contribution < 1.29 is 14.3 Å². The predicted octanol–water partition coefficient (Wildman–Crippen LogP) is 2.70. The molecular weight excluding hydrogens is 308 g/mol. The maximum atomic E-state index is 11.8. The fourth-order valence-corrected chi connectivity index (χ4v) is 4.63. The molecule has 0 aromatic carbocycles. The molecule has 7 heteroatoms. The summed E-state index contributed by atoms with van der Waals surface area (Å²) in [5.41, 5.74) is 6.63. The number of hydrogen-bond donors (Lipinski definition) is 1. The van der Waals surface area contributed by atoms with Crippen molar-refractivity contribution in [1.82, 2.24) is 0 Å². The first-order valence-corrected chi connectivity index (χ1v) is 8.96. The van der Waals surface area contributed by atoms with Crippen molar-refractivity contribution >= 4 is 39.8 Å². The average molecular weight is 330 g/mol. The third-order valence-corrected chi connectivity index (χ3v) is 5.84. The number of ether oxygens (including phenoxy) is 2. The molecule has 1 saturated heterocycles. The number of esters is 1. The standard InChI is InChI=1S/C14H22N2O3S2/c1-16(7-9-5-4-6-19-8-9)13-11(20-3)10(15)12(21-13)14(17)18-2/h9H,4-8,15H2,1-3H3. The molecule has 1 aromatic rings. The second-order valence-electron chi connectivity index (χ2n) is 5.14. The molecule has 1 atom stereocenters. The Bertz CT molecular complexity index is 499. The minimum atomic E-state index is -0.367. The van der Waals surface area contributed by atoms with E-state index in [4.69, 9.17) is 15.2 Å². The second kappa shape index (κ2) is 7.38. The van der Waals surface area contributed by atoms with Crippen LogP contribution in [0.2, 0.25) is 0 Å². The van der Waals surface area contributed by atoms with Gasteiger partial charge in [0.25, 0.3) is 0 Å². The van der Waals surface area contributed by atoms with Gasteiger partial charge in [-0.1, -0.05) is 0 Å². The number of rotatable bonds is 5. The Morgan fingerprint density at radius 3 is 2.95 bits per heavy atom. The largest absolute Gasteiger partial charge is 0.465 e. The molecule has 0 bridgehead atoms. The molecule has 0 saturated carbocycles. The number of nitrogens with two attached hydrogens (primary N) is 1. The molecule has 2 rings (SSSR count). The van der Waals surface area contributed by atoms with Gasteiger partial charge in [0.05, 0.1) is 24.3 Å². The quantitative estimate of drug-likeness (QED) is 0.661. The number of nitrogen functional groups attached to an aromatic ring is 1. The van der Waals surface area contributed by atoms with E-state index in [1.807, 2.05) is 13.3 Å². The van der Waals surface area contributed by atoms with E-state index in [0.29, 0.717) is 16.5 Å². The lowest BCUT2D eigenvalue weighted by Crippen LogP contribution is -2.30. The van der Waals surface area contributed by atoms with Gasteiger partial charge in [0.2, 0.25) is 0 Å². The van der Waals surface area contributed by atoms with Gasteiger partial charge in [-0.2, -0.15) is 0 Å². The van der Waals surface area contributed by atoms with Crippen LogP contribution in [-0.4, -0.2) is 46.1 Å². The lowest BCUT2D eigenvalue weighted by Gasteiger charge is -2.28. The molecule has 0 amide bonds. The summed E-state index contributed by atoms with van der Waals surface area (Å²) < 4.78 is 10.3. The van der Waals surface area contributed by atoms with Crippen LogP contribution in [0.1, 0.15) is 22.5 Å². The highest BCUT2D eigenvalue weighted by molar-refractivity contribution is 7.99. The average Bonchev–Trinajstić information content (AvgIpc) is 2.84. The van der Waals surface area contributed by atoms with Gasteiger partial charge in [0.15, 0.2) is 0 Å². The molecule has 2 N–H and O–H groups in total. The number of nitrogens with zero attached hydrogens (tertiary/aromatic N) is 1. The van der Waals surface area contributed by atoms with Gasteiger partial charge in [-0.25, -0.2) is 4.79 Å². The molecule has 2 heterocycles. The minimum Gasteiger partial charge on any atom is -0.465 e. The zero-order valence-electron chi connectivity index (χ0n) is 12.7. The van der Waals surface area contributed by atoms with Crippen molar-refractivity contribution in [2.24, 2.45) is 5.92 Å². The smallest absolute Gasteiger partial charge is 0.350 e. The summed E-state index contributed by atoms with van der Waals surface area (Å²) in [6.07, 6.45) is 4.28. The summed E-state index contributed by atoms with van der Waals surface area (Å²) in [4.78, 5) is 15.4. The normalized spacial score (nSPS) is 18.5. The van der Waals surface area contributed by atoms with Gasteiger partial charge >= 0.3 is 5.97 Å². The number of hydrogen-bond acceptors (Lipinski definition) is 7. The zero-order valence-corrected chi connectivity index (χ0v) is 14.3. The van der Waals surface area contributed by atoms with Crippen LogP contribution in [0.15, 0.2) is 4.90 Å². The van der Waals surface area contributed by atoms with Crippen LogP contribution in [0.25, 0.3) is 0 Å². The van der Waals surface area contributed by atoms with Crippen molar-refractivity contribution in [2.45, 2.75) is 17.7 Å². The van der Waals surface area contributed by atoms with E-state index in [1.54, 1.807) is 11.8 Å². The van der Waals surface area contributed by atoms with Crippen molar-refractivity contribution in [1.29, 1.82) is 0 Å². The number of thioether (sulfide) groups is 1. The molecule has 21 heavy (non-hydrogen) atoms. The Morgan fingerprint density at radius 1 is 1.62 bits per heavy atom. The monoisotopic (exact) mass is 330 g/mol. The molecule has 0 radical (unpaired) electrons. The van der Waals surface area contributed by atoms with Gasteiger partial charge in [-0.05, 0) is 25.0 Å². The van der Waals surface area contributed by atoms with Crippen LogP contribution in [0, 0.1) is 5.92 Å². The van der Waals surface area contributed by atoms with E-state index in [-0.39, 0.29) is 5.97 Å². The second-order valence-corrected chi connectivity index (χ2v) is 6.95. The number of thiophene rings is 1. The van der Waals surface area contributed by atoms with Crippen molar-refractivity contribution in [3.05, 3.63) is 4.88 Å². The Hall–Kier alpha value is -0.920. The van der Waals surface area contributed by atoms with Crippen molar-refractivity contribution in [2.75, 3.05) is 50.8 Å². The van der Waals surface area contributed by atoms with Crippen LogP contribution in [-0.2, 0) is 9.47 Å². The van der Waals surface area contributed by atoms with Gasteiger partial charge in [-0.15, -0.1) is 23.1 Å². The van der Waals surface area contributed by atoms with Crippen LogP contribution in [0.4, 0.5) is 10.7 Å².